The second kappa shape index (κ2) is 8.26. The Kier molecular flexibility index (Phi) is 5.74. The molecule has 1 saturated carbocycles. The van der Waals surface area contributed by atoms with Gasteiger partial charge in [-0.1, -0.05) is 18.9 Å². The molecule has 28 heavy (non-hydrogen) atoms. The Hall–Kier alpha value is -1.85. The van der Waals surface area contributed by atoms with Gasteiger partial charge in [-0.25, -0.2) is 8.78 Å². The molecule has 0 radical (unpaired) electrons. The maximum Gasteiger partial charge on any atom is 0.126 e. The standard InChI is InChI=1S/C23H28F2N2O/c24-19-13-18(14-20(25)15-19)16-26-11-8-22(21-5-1-4-10-27-21)9-12-28-23(17-22)6-2-3-7-23/h1,4-5,10,13-15,26H,2-3,6-9,11-12,16-17H2/t22-/m1/s1. The maximum atomic E-state index is 13.4. The van der Waals surface area contributed by atoms with Gasteiger partial charge in [0.25, 0.3) is 0 Å². The number of nitrogens with zero attached hydrogens (tertiary/aromatic N) is 1. The molecule has 1 aromatic carbocycles. The van der Waals surface area contributed by atoms with E-state index in [9.17, 15) is 8.78 Å². The van der Waals surface area contributed by atoms with E-state index in [0.717, 1.165) is 57.0 Å². The van der Waals surface area contributed by atoms with Crippen LogP contribution in [0.3, 0.4) is 0 Å². The minimum atomic E-state index is -0.533. The average Bonchev–Trinajstić information content (AvgIpc) is 3.13. The highest BCUT2D eigenvalue weighted by molar-refractivity contribution is 5.21. The van der Waals surface area contributed by atoms with Crippen LogP contribution in [0.25, 0.3) is 0 Å². The van der Waals surface area contributed by atoms with Crippen LogP contribution >= 0.6 is 0 Å². The van der Waals surface area contributed by atoms with Gasteiger partial charge in [-0.15, -0.1) is 0 Å². The first-order valence-electron chi connectivity index (χ1n) is 10.3. The van der Waals surface area contributed by atoms with E-state index in [0.29, 0.717) is 12.1 Å². The Morgan fingerprint density at radius 2 is 1.82 bits per heavy atom. The summed E-state index contributed by atoms with van der Waals surface area (Å²) in [5.74, 6) is -1.07. The zero-order valence-electron chi connectivity index (χ0n) is 16.2. The lowest BCUT2D eigenvalue weighted by atomic mass is 9.68. The quantitative estimate of drug-likeness (QED) is 0.717. The van der Waals surface area contributed by atoms with E-state index in [-0.39, 0.29) is 11.0 Å². The fourth-order valence-electron chi connectivity index (χ4n) is 5.07. The van der Waals surface area contributed by atoms with Crippen molar-refractivity contribution in [3.63, 3.8) is 0 Å². The van der Waals surface area contributed by atoms with Crippen LogP contribution in [-0.4, -0.2) is 23.7 Å². The highest BCUT2D eigenvalue weighted by Crippen LogP contribution is 2.49. The lowest BCUT2D eigenvalue weighted by Crippen LogP contribution is -2.47. The third-order valence-corrected chi connectivity index (χ3v) is 6.40. The van der Waals surface area contributed by atoms with Gasteiger partial charge in [0.05, 0.1) is 5.60 Å². The van der Waals surface area contributed by atoms with Gasteiger partial charge in [-0.2, -0.15) is 0 Å². The van der Waals surface area contributed by atoms with Crippen molar-refractivity contribution >= 4 is 0 Å². The number of nitrogens with one attached hydrogen (secondary N) is 1. The number of pyridine rings is 1. The molecule has 1 aromatic heterocycles. The van der Waals surface area contributed by atoms with Crippen LogP contribution in [0.15, 0.2) is 42.6 Å². The summed E-state index contributed by atoms with van der Waals surface area (Å²) < 4.78 is 33.1. The SMILES string of the molecule is Fc1cc(F)cc(CNCC[C@@]2(c3ccccn3)CCOC3(CCCC3)C2)c1. The summed E-state index contributed by atoms with van der Waals surface area (Å²) in [6.07, 6.45) is 9.53. The van der Waals surface area contributed by atoms with Crippen LogP contribution in [0, 0.1) is 11.6 Å². The van der Waals surface area contributed by atoms with Crippen molar-refractivity contribution in [2.75, 3.05) is 13.2 Å². The molecule has 2 heterocycles. The molecule has 2 aliphatic rings. The molecule has 1 atom stereocenters. The van der Waals surface area contributed by atoms with Gasteiger partial charge in [0, 0.05) is 36.5 Å². The summed E-state index contributed by atoms with van der Waals surface area (Å²) >= 11 is 0. The molecule has 2 aromatic rings. The molecule has 150 valence electrons. The fraction of sp³-hybridized carbons (Fsp3) is 0.522. The summed E-state index contributed by atoms with van der Waals surface area (Å²) in [7, 11) is 0. The van der Waals surface area contributed by atoms with E-state index in [1.165, 1.54) is 25.0 Å². The van der Waals surface area contributed by atoms with Crippen molar-refractivity contribution in [2.24, 2.45) is 0 Å². The van der Waals surface area contributed by atoms with Crippen LogP contribution in [0.5, 0.6) is 0 Å². The fourth-order valence-corrected chi connectivity index (χ4v) is 5.07. The molecular weight excluding hydrogens is 358 g/mol. The minimum absolute atomic E-state index is 0.00145. The van der Waals surface area contributed by atoms with Crippen LogP contribution < -0.4 is 5.32 Å². The Morgan fingerprint density at radius 3 is 2.54 bits per heavy atom. The van der Waals surface area contributed by atoms with Gasteiger partial charge in [-0.05, 0) is 68.5 Å². The second-order valence-corrected chi connectivity index (χ2v) is 8.37. The monoisotopic (exact) mass is 386 g/mol. The first kappa shape index (κ1) is 19.5. The summed E-state index contributed by atoms with van der Waals surface area (Å²) in [6, 6.07) is 9.82. The molecule has 5 heteroatoms. The van der Waals surface area contributed by atoms with Gasteiger partial charge >= 0.3 is 0 Å². The summed E-state index contributed by atoms with van der Waals surface area (Å²) in [5.41, 5.74) is 1.76. The molecule has 1 aliphatic carbocycles. The molecule has 0 unspecified atom stereocenters. The van der Waals surface area contributed by atoms with E-state index in [1.54, 1.807) is 0 Å². The topological polar surface area (TPSA) is 34.2 Å². The molecule has 1 aliphatic heterocycles. The molecule has 3 nitrogen and oxygen atoms in total. The smallest absolute Gasteiger partial charge is 0.126 e. The zero-order chi connectivity index (χ0) is 19.5. The number of hydrogen-bond donors (Lipinski definition) is 1. The van der Waals surface area contributed by atoms with Crippen molar-refractivity contribution in [1.82, 2.24) is 10.3 Å². The van der Waals surface area contributed by atoms with E-state index in [4.69, 9.17) is 9.72 Å². The first-order valence-corrected chi connectivity index (χ1v) is 10.3. The van der Waals surface area contributed by atoms with Crippen molar-refractivity contribution in [2.45, 2.75) is 62.5 Å². The third-order valence-electron chi connectivity index (χ3n) is 6.40. The average molecular weight is 386 g/mol. The molecule has 4 rings (SSSR count). The first-order chi connectivity index (χ1) is 13.6. The predicted octanol–water partition coefficient (Wildman–Crippen LogP) is 4.90. The van der Waals surface area contributed by atoms with Crippen LogP contribution in [0.2, 0.25) is 0 Å². The number of rotatable bonds is 6. The third kappa shape index (κ3) is 4.26. The van der Waals surface area contributed by atoms with E-state index < -0.39 is 11.6 Å². The predicted molar refractivity (Wildman–Crippen MR) is 105 cm³/mol. The Bertz CT molecular complexity index is 772. The number of benzene rings is 1. The minimum Gasteiger partial charge on any atom is -0.375 e. The lowest BCUT2D eigenvalue weighted by molar-refractivity contribution is -0.104. The summed E-state index contributed by atoms with van der Waals surface area (Å²) in [5, 5.41) is 3.38. The van der Waals surface area contributed by atoms with Crippen molar-refractivity contribution in [3.05, 3.63) is 65.5 Å². The van der Waals surface area contributed by atoms with Crippen LogP contribution in [0.1, 0.15) is 56.2 Å². The molecular formula is C23H28F2N2O. The molecule has 0 amide bonds. The number of hydrogen-bond acceptors (Lipinski definition) is 3. The van der Waals surface area contributed by atoms with Crippen molar-refractivity contribution < 1.29 is 13.5 Å². The van der Waals surface area contributed by atoms with Gasteiger partial charge < -0.3 is 10.1 Å². The van der Waals surface area contributed by atoms with Crippen molar-refractivity contribution in [1.29, 1.82) is 0 Å². The van der Waals surface area contributed by atoms with Crippen LogP contribution in [0.4, 0.5) is 8.78 Å². The van der Waals surface area contributed by atoms with Gasteiger partial charge in [0.1, 0.15) is 11.6 Å². The molecule has 1 saturated heterocycles. The molecule has 1 spiro atoms. The lowest BCUT2D eigenvalue weighted by Gasteiger charge is -2.46. The van der Waals surface area contributed by atoms with Crippen molar-refractivity contribution in [3.8, 4) is 0 Å². The Balaban J connectivity index is 1.45. The highest BCUT2D eigenvalue weighted by atomic mass is 19.1. The largest absolute Gasteiger partial charge is 0.375 e. The van der Waals surface area contributed by atoms with E-state index >= 15 is 0 Å². The molecule has 0 bridgehead atoms. The number of halogens is 2. The summed E-state index contributed by atoms with van der Waals surface area (Å²) in [6.45, 7) is 1.99. The maximum absolute atomic E-state index is 13.4. The van der Waals surface area contributed by atoms with Gasteiger partial charge in [-0.3, -0.25) is 4.98 Å². The number of aromatic nitrogens is 1. The zero-order valence-corrected chi connectivity index (χ0v) is 16.2. The van der Waals surface area contributed by atoms with Gasteiger partial charge in [0.2, 0.25) is 0 Å². The second-order valence-electron chi connectivity index (χ2n) is 8.37. The van der Waals surface area contributed by atoms with E-state index in [1.807, 2.05) is 12.3 Å². The molecule has 2 fully saturated rings. The van der Waals surface area contributed by atoms with Crippen LogP contribution in [-0.2, 0) is 16.7 Å². The number of ether oxygens (including phenoxy) is 1. The normalized spacial score (nSPS) is 23.9. The Labute approximate surface area is 165 Å². The Morgan fingerprint density at radius 1 is 1.04 bits per heavy atom. The summed E-state index contributed by atoms with van der Waals surface area (Å²) in [4.78, 5) is 4.71. The van der Waals surface area contributed by atoms with Gasteiger partial charge in [0.15, 0.2) is 0 Å². The van der Waals surface area contributed by atoms with E-state index in [2.05, 4.69) is 17.4 Å². The highest BCUT2D eigenvalue weighted by Gasteiger charge is 2.48. The molecule has 1 N–H and O–H groups in total.